The second-order valence-electron chi connectivity index (χ2n) is 4.60. The minimum Gasteiger partial charge on any atom is -0.271 e. The molecule has 0 radical (unpaired) electrons. The molecule has 2 aromatic heterocycles. The van der Waals surface area contributed by atoms with Gasteiger partial charge in [0.05, 0.1) is 6.04 Å². The van der Waals surface area contributed by atoms with Crippen molar-refractivity contribution in [3.8, 4) is 0 Å². The Hall–Kier alpha value is -1.79. The van der Waals surface area contributed by atoms with E-state index in [0.29, 0.717) is 6.42 Å². The molecular formula is C13H20N6. The second-order valence-corrected chi connectivity index (χ2v) is 4.60. The molecule has 0 fully saturated rings. The maximum atomic E-state index is 5.69. The molecule has 6 heteroatoms. The van der Waals surface area contributed by atoms with Crippen molar-refractivity contribution in [1.29, 1.82) is 0 Å². The Morgan fingerprint density at radius 3 is 2.58 bits per heavy atom. The number of aromatic nitrogens is 4. The van der Waals surface area contributed by atoms with Crippen LogP contribution in [0.4, 0.5) is 0 Å². The Morgan fingerprint density at radius 2 is 2.00 bits per heavy atom. The summed E-state index contributed by atoms with van der Waals surface area (Å²) in [6, 6.07) is 4.10. The van der Waals surface area contributed by atoms with Gasteiger partial charge in [-0.15, -0.1) is 0 Å². The average molecular weight is 260 g/mol. The molecule has 6 nitrogen and oxygen atoms in total. The van der Waals surface area contributed by atoms with Crippen LogP contribution < -0.4 is 11.3 Å². The summed E-state index contributed by atoms with van der Waals surface area (Å²) in [7, 11) is 0. The number of pyridine rings is 1. The van der Waals surface area contributed by atoms with Crippen molar-refractivity contribution in [2.75, 3.05) is 0 Å². The second kappa shape index (κ2) is 5.90. The van der Waals surface area contributed by atoms with E-state index in [1.165, 1.54) is 0 Å². The molecule has 0 aliphatic carbocycles. The van der Waals surface area contributed by atoms with Gasteiger partial charge >= 0.3 is 0 Å². The van der Waals surface area contributed by atoms with Gasteiger partial charge in [0, 0.05) is 24.4 Å². The molecule has 0 amide bonds. The Bertz CT molecular complexity index is 528. The van der Waals surface area contributed by atoms with E-state index in [0.717, 1.165) is 29.3 Å². The predicted molar refractivity (Wildman–Crippen MR) is 73.2 cm³/mol. The average Bonchev–Trinajstić information content (AvgIpc) is 2.81. The minimum atomic E-state index is 0.00917. The van der Waals surface area contributed by atoms with Crippen LogP contribution in [0.5, 0.6) is 0 Å². The van der Waals surface area contributed by atoms with Crippen molar-refractivity contribution >= 4 is 0 Å². The molecule has 2 heterocycles. The number of hydrogen-bond donors (Lipinski definition) is 2. The lowest BCUT2D eigenvalue weighted by Crippen LogP contribution is -2.30. The fourth-order valence-electron chi connectivity index (χ4n) is 2.23. The summed E-state index contributed by atoms with van der Waals surface area (Å²) in [6.45, 7) is 6.82. The van der Waals surface area contributed by atoms with Gasteiger partial charge in [-0.3, -0.25) is 20.9 Å². The SMILES string of the molecule is CCn1ncnc1CC(NN)c1cc(C)nc(C)c1. The van der Waals surface area contributed by atoms with Gasteiger partial charge in [0.15, 0.2) is 0 Å². The molecule has 0 aromatic carbocycles. The fourth-order valence-corrected chi connectivity index (χ4v) is 2.23. The summed E-state index contributed by atoms with van der Waals surface area (Å²) >= 11 is 0. The highest BCUT2D eigenvalue weighted by molar-refractivity contribution is 5.24. The molecule has 0 spiro atoms. The van der Waals surface area contributed by atoms with Gasteiger partial charge in [-0.05, 0) is 38.5 Å². The van der Waals surface area contributed by atoms with E-state index in [9.17, 15) is 0 Å². The van der Waals surface area contributed by atoms with E-state index in [1.54, 1.807) is 6.33 Å². The Morgan fingerprint density at radius 1 is 1.32 bits per heavy atom. The van der Waals surface area contributed by atoms with Crippen molar-refractivity contribution in [2.45, 2.75) is 39.8 Å². The van der Waals surface area contributed by atoms with Crippen molar-refractivity contribution in [3.63, 3.8) is 0 Å². The van der Waals surface area contributed by atoms with Gasteiger partial charge in [-0.1, -0.05) is 0 Å². The van der Waals surface area contributed by atoms with Gasteiger partial charge in [0.1, 0.15) is 12.2 Å². The molecule has 19 heavy (non-hydrogen) atoms. The molecule has 3 N–H and O–H groups in total. The highest BCUT2D eigenvalue weighted by Gasteiger charge is 2.15. The largest absolute Gasteiger partial charge is 0.271 e. The van der Waals surface area contributed by atoms with Crippen molar-refractivity contribution < 1.29 is 0 Å². The van der Waals surface area contributed by atoms with E-state index in [4.69, 9.17) is 5.84 Å². The number of rotatable bonds is 5. The molecule has 0 aliphatic heterocycles. The first-order chi connectivity index (χ1) is 9.13. The van der Waals surface area contributed by atoms with Crippen LogP contribution in [0.3, 0.4) is 0 Å². The zero-order chi connectivity index (χ0) is 13.8. The molecule has 0 bridgehead atoms. The number of aryl methyl sites for hydroxylation is 3. The van der Waals surface area contributed by atoms with Crippen LogP contribution in [0.2, 0.25) is 0 Å². The van der Waals surface area contributed by atoms with Gasteiger partial charge < -0.3 is 0 Å². The molecule has 1 unspecified atom stereocenters. The number of nitrogens with one attached hydrogen (secondary N) is 1. The quantitative estimate of drug-likeness (QED) is 0.620. The maximum Gasteiger partial charge on any atom is 0.138 e. The van der Waals surface area contributed by atoms with E-state index >= 15 is 0 Å². The van der Waals surface area contributed by atoms with Crippen LogP contribution in [-0.4, -0.2) is 19.7 Å². The predicted octanol–water partition coefficient (Wildman–Crippen LogP) is 1.06. The zero-order valence-electron chi connectivity index (χ0n) is 11.6. The summed E-state index contributed by atoms with van der Waals surface area (Å²) < 4.78 is 1.88. The zero-order valence-corrected chi connectivity index (χ0v) is 11.6. The Labute approximate surface area is 113 Å². The Balaban J connectivity index is 2.25. The summed E-state index contributed by atoms with van der Waals surface area (Å²) in [4.78, 5) is 8.67. The maximum absolute atomic E-state index is 5.69. The first-order valence-electron chi connectivity index (χ1n) is 6.42. The van der Waals surface area contributed by atoms with Gasteiger partial charge in [-0.2, -0.15) is 5.10 Å². The van der Waals surface area contributed by atoms with Crippen LogP contribution in [0, 0.1) is 13.8 Å². The first-order valence-corrected chi connectivity index (χ1v) is 6.42. The lowest BCUT2D eigenvalue weighted by atomic mass is 10.0. The normalized spacial score (nSPS) is 12.6. The van der Waals surface area contributed by atoms with E-state index in [1.807, 2.05) is 37.6 Å². The molecular weight excluding hydrogens is 240 g/mol. The molecule has 2 aromatic rings. The van der Waals surface area contributed by atoms with E-state index in [2.05, 4.69) is 20.5 Å². The van der Waals surface area contributed by atoms with Gasteiger partial charge in [0.2, 0.25) is 0 Å². The summed E-state index contributed by atoms with van der Waals surface area (Å²) in [6.07, 6.45) is 2.28. The van der Waals surface area contributed by atoms with Crippen LogP contribution in [0.1, 0.15) is 35.7 Å². The number of hydrazine groups is 1. The van der Waals surface area contributed by atoms with Crippen molar-refractivity contribution in [2.24, 2.45) is 5.84 Å². The lowest BCUT2D eigenvalue weighted by Gasteiger charge is -2.17. The van der Waals surface area contributed by atoms with Crippen molar-refractivity contribution in [3.05, 3.63) is 41.2 Å². The fraction of sp³-hybridized carbons (Fsp3) is 0.462. The Kier molecular flexibility index (Phi) is 4.24. The number of hydrogen-bond acceptors (Lipinski definition) is 5. The summed E-state index contributed by atoms with van der Waals surface area (Å²) in [5.74, 6) is 6.61. The molecule has 0 saturated carbocycles. The minimum absolute atomic E-state index is 0.00917. The topological polar surface area (TPSA) is 81.7 Å². The third kappa shape index (κ3) is 3.15. The molecule has 1 atom stereocenters. The van der Waals surface area contributed by atoms with Crippen LogP contribution in [-0.2, 0) is 13.0 Å². The number of nitrogens with zero attached hydrogens (tertiary/aromatic N) is 4. The van der Waals surface area contributed by atoms with Crippen LogP contribution >= 0.6 is 0 Å². The van der Waals surface area contributed by atoms with E-state index < -0.39 is 0 Å². The lowest BCUT2D eigenvalue weighted by molar-refractivity contribution is 0.509. The van der Waals surface area contributed by atoms with Crippen molar-refractivity contribution in [1.82, 2.24) is 25.2 Å². The smallest absolute Gasteiger partial charge is 0.138 e. The molecule has 0 aliphatic rings. The molecule has 2 rings (SSSR count). The highest BCUT2D eigenvalue weighted by atomic mass is 15.3. The van der Waals surface area contributed by atoms with E-state index in [-0.39, 0.29) is 6.04 Å². The van der Waals surface area contributed by atoms with Gasteiger partial charge in [-0.25, -0.2) is 4.98 Å². The van der Waals surface area contributed by atoms with Crippen LogP contribution in [0.25, 0.3) is 0 Å². The highest BCUT2D eigenvalue weighted by Crippen LogP contribution is 2.18. The first kappa shape index (κ1) is 13.6. The van der Waals surface area contributed by atoms with Gasteiger partial charge in [0.25, 0.3) is 0 Å². The molecule has 0 saturated heterocycles. The standard InChI is InChI=1S/C13H20N6/c1-4-19-13(15-8-16-19)7-12(18-14)11-5-9(2)17-10(3)6-11/h5-6,8,12,18H,4,7,14H2,1-3H3. The third-order valence-corrected chi connectivity index (χ3v) is 3.09. The third-order valence-electron chi connectivity index (χ3n) is 3.09. The summed E-state index contributed by atoms with van der Waals surface area (Å²) in [5.41, 5.74) is 5.96. The van der Waals surface area contributed by atoms with Crippen LogP contribution in [0.15, 0.2) is 18.5 Å². The molecule has 102 valence electrons. The summed E-state index contributed by atoms with van der Waals surface area (Å²) in [5, 5.41) is 4.18. The monoisotopic (exact) mass is 260 g/mol. The number of nitrogens with two attached hydrogens (primary N) is 1.